The average molecular weight is 328 g/mol. The molecule has 1 saturated heterocycles. The summed E-state index contributed by atoms with van der Waals surface area (Å²) in [4.78, 5) is 25.4. The third kappa shape index (κ3) is 2.85. The van der Waals surface area contributed by atoms with Gasteiger partial charge in [0.15, 0.2) is 23.2 Å². The summed E-state index contributed by atoms with van der Waals surface area (Å²) in [6.07, 6.45) is 0.129. The van der Waals surface area contributed by atoms with Crippen LogP contribution in [0.15, 0.2) is 18.2 Å². The predicted octanol–water partition coefficient (Wildman–Crippen LogP) is -0.857. The zero-order chi connectivity index (χ0) is 15.9. The van der Waals surface area contributed by atoms with Crippen molar-refractivity contribution in [1.82, 2.24) is 25.0 Å². The van der Waals surface area contributed by atoms with E-state index in [1.165, 1.54) is 17.1 Å². The fourth-order valence-corrected chi connectivity index (χ4v) is 2.60. The molecule has 22 heavy (non-hydrogen) atoms. The van der Waals surface area contributed by atoms with Crippen LogP contribution in [0.3, 0.4) is 0 Å². The molecule has 0 spiro atoms. The third-order valence-electron chi connectivity index (χ3n) is 3.14. The van der Waals surface area contributed by atoms with Crippen molar-refractivity contribution in [2.75, 3.05) is 5.73 Å². The second kappa shape index (κ2) is 5.38. The minimum Gasteiger partial charge on any atom is -0.388 e. The number of aliphatic hydroxyl groups excluding tert-OH is 1. The van der Waals surface area contributed by atoms with Crippen LogP contribution in [0.2, 0.25) is 0 Å². The third-order valence-corrected chi connectivity index (χ3v) is 3.70. The molecule has 3 rings (SSSR count). The summed E-state index contributed by atoms with van der Waals surface area (Å²) in [5.74, 6) is 0.897. The van der Waals surface area contributed by atoms with Gasteiger partial charge in [-0.1, -0.05) is 5.21 Å². The van der Waals surface area contributed by atoms with Gasteiger partial charge in [-0.15, -0.1) is 5.10 Å². The molecule has 1 aliphatic heterocycles. The molecule has 5 N–H and O–H groups in total. The second-order valence-corrected chi connectivity index (χ2v) is 6.24. The highest BCUT2D eigenvalue weighted by Gasteiger charge is 2.36. The van der Waals surface area contributed by atoms with Crippen LogP contribution in [-0.4, -0.2) is 52.1 Å². The summed E-state index contributed by atoms with van der Waals surface area (Å²) in [5, 5.41) is 17.8. The molecule has 3 atom stereocenters. The number of rotatable bonds is 3. The quantitative estimate of drug-likeness (QED) is 0.520. The lowest BCUT2D eigenvalue weighted by molar-refractivity contribution is -0.0313. The molecule has 1 aliphatic rings. The molecule has 0 saturated carbocycles. The molecule has 118 valence electrons. The molecule has 1 fully saturated rings. The Kier molecular flexibility index (Phi) is 3.67. The van der Waals surface area contributed by atoms with E-state index in [0.29, 0.717) is 5.65 Å². The molecule has 0 bridgehead atoms. The molecule has 12 heteroatoms. The smallest absolute Gasteiger partial charge is 0.348 e. The van der Waals surface area contributed by atoms with E-state index in [2.05, 4.69) is 20.3 Å². The SMILES string of the molecule is Nc1ncnc2c1nnn2[C@@H]1O[C@H](/C=C/P(=O)(O)O)C[C@H]1O. The molecule has 0 unspecified atom stereocenters. The number of aliphatic hydroxyl groups is 1. The topological polar surface area (TPSA) is 169 Å². The van der Waals surface area contributed by atoms with Crippen LogP contribution < -0.4 is 5.73 Å². The molecular formula is C10H13N6O5P. The van der Waals surface area contributed by atoms with Gasteiger partial charge < -0.3 is 25.4 Å². The Morgan fingerprint density at radius 2 is 2.23 bits per heavy atom. The predicted molar refractivity (Wildman–Crippen MR) is 73.2 cm³/mol. The van der Waals surface area contributed by atoms with E-state index in [1.807, 2.05) is 0 Å². The van der Waals surface area contributed by atoms with Gasteiger partial charge in [-0.3, -0.25) is 4.57 Å². The number of nitrogens with two attached hydrogens (primary N) is 1. The molecular weight excluding hydrogens is 315 g/mol. The Bertz CT molecular complexity index is 772. The van der Waals surface area contributed by atoms with Crippen molar-refractivity contribution in [3.63, 3.8) is 0 Å². The van der Waals surface area contributed by atoms with Gasteiger partial charge in [0.2, 0.25) is 0 Å². The van der Waals surface area contributed by atoms with Crippen LogP contribution in [0, 0.1) is 0 Å². The number of anilines is 1. The van der Waals surface area contributed by atoms with E-state index in [1.54, 1.807) is 0 Å². The van der Waals surface area contributed by atoms with Gasteiger partial charge in [0.05, 0.1) is 6.10 Å². The van der Waals surface area contributed by atoms with Gasteiger partial charge in [-0.2, -0.15) is 4.68 Å². The Labute approximate surface area is 123 Å². The van der Waals surface area contributed by atoms with Gasteiger partial charge in [0.25, 0.3) is 0 Å². The van der Waals surface area contributed by atoms with Crippen molar-refractivity contribution in [2.24, 2.45) is 0 Å². The highest BCUT2D eigenvalue weighted by atomic mass is 31.2. The summed E-state index contributed by atoms with van der Waals surface area (Å²) in [5.41, 5.74) is 6.24. The summed E-state index contributed by atoms with van der Waals surface area (Å²) < 4.78 is 17.6. The monoisotopic (exact) mass is 328 g/mol. The molecule has 0 aliphatic carbocycles. The molecule has 0 amide bonds. The van der Waals surface area contributed by atoms with Gasteiger partial charge in [-0.05, 0) is 6.08 Å². The van der Waals surface area contributed by atoms with E-state index < -0.39 is 26.0 Å². The largest absolute Gasteiger partial charge is 0.388 e. The summed E-state index contributed by atoms with van der Waals surface area (Å²) in [6, 6.07) is 0. The Morgan fingerprint density at radius 3 is 2.95 bits per heavy atom. The number of hydrogen-bond acceptors (Lipinski definition) is 8. The number of aromatic nitrogens is 5. The van der Waals surface area contributed by atoms with Crippen LogP contribution in [-0.2, 0) is 9.30 Å². The van der Waals surface area contributed by atoms with Crippen molar-refractivity contribution in [2.45, 2.75) is 24.9 Å². The number of ether oxygens (including phenoxy) is 1. The minimum absolute atomic E-state index is 0.154. The van der Waals surface area contributed by atoms with Crippen LogP contribution in [0.5, 0.6) is 0 Å². The first-order valence-corrected chi connectivity index (χ1v) is 7.93. The van der Waals surface area contributed by atoms with E-state index >= 15 is 0 Å². The van der Waals surface area contributed by atoms with Crippen LogP contribution in [0.25, 0.3) is 11.2 Å². The standard InChI is InChI=1S/C10H13N6O5P/c11-8-7-9(13-4-12-8)16(15-14-7)10-6(17)3-5(21-10)1-2-22(18,19)20/h1-2,4-6,10,17H,3H2,(H2,11,12,13)(H2,18,19,20)/b2-1+/t5-,6-,10-/m1/s1. The first-order valence-electron chi connectivity index (χ1n) is 6.24. The summed E-state index contributed by atoms with van der Waals surface area (Å²) in [7, 11) is -4.28. The number of nitrogens with zero attached hydrogens (tertiary/aromatic N) is 5. The van der Waals surface area contributed by atoms with Crippen molar-refractivity contribution in [3.05, 3.63) is 18.2 Å². The van der Waals surface area contributed by atoms with Crippen LogP contribution in [0.4, 0.5) is 5.82 Å². The zero-order valence-corrected chi connectivity index (χ0v) is 12.0. The van der Waals surface area contributed by atoms with Gasteiger partial charge in [-0.25, -0.2) is 9.97 Å². The lowest BCUT2D eigenvalue weighted by Crippen LogP contribution is -2.21. The molecule has 2 aromatic heterocycles. The molecule has 3 heterocycles. The summed E-state index contributed by atoms with van der Waals surface area (Å²) in [6.45, 7) is 0. The lowest BCUT2D eigenvalue weighted by atomic mass is 10.2. The van der Waals surface area contributed by atoms with E-state index in [0.717, 1.165) is 5.82 Å². The van der Waals surface area contributed by atoms with Gasteiger partial charge >= 0.3 is 7.60 Å². The normalized spacial score (nSPS) is 26.2. The number of fused-ring (bicyclic) bond motifs is 1. The lowest BCUT2D eigenvalue weighted by Gasteiger charge is -2.14. The number of nitrogen functional groups attached to an aromatic ring is 1. The van der Waals surface area contributed by atoms with Crippen molar-refractivity contribution in [3.8, 4) is 0 Å². The van der Waals surface area contributed by atoms with E-state index in [-0.39, 0.29) is 17.8 Å². The maximum absolute atomic E-state index is 10.8. The first kappa shape index (κ1) is 15.0. The summed E-state index contributed by atoms with van der Waals surface area (Å²) >= 11 is 0. The zero-order valence-electron chi connectivity index (χ0n) is 11.1. The maximum atomic E-state index is 10.8. The highest BCUT2D eigenvalue weighted by molar-refractivity contribution is 7.55. The fraction of sp³-hybridized carbons (Fsp3) is 0.400. The minimum atomic E-state index is -4.28. The van der Waals surface area contributed by atoms with E-state index in [4.69, 9.17) is 20.3 Å². The molecule has 0 radical (unpaired) electrons. The fourth-order valence-electron chi connectivity index (χ4n) is 2.19. The number of hydrogen-bond donors (Lipinski definition) is 4. The molecule has 11 nitrogen and oxygen atoms in total. The van der Waals surface area contributed by atoms with Crippen molar-refractivity contribution >= 4 is 24.6 Å². The van der Waals surface area contributed by atoms with Crippen molar-refractivity contribution < 1.29 is 24.2 Å². The van der Waals surface area contributed by atoms with E-state index in [9.17, 15) is 9.67 Å². The Morgan fingerprint density at radius 1 is 1.45 bits per heavy atom. The molecule has 2 aromatic rings. The Hall–Kier alpha value is -1.91. The van der Waals surface area contributed by atoms with Gasteiger partial charge in [0, 0.05) is 12.2 Å². The van der Waals surface area contributed by atoms with Gasteiger partial charge in [0.1, 0.15) is 12.4 Å². The maximum Gasteiger partial charge on any atom is 0.348 e. The average Bonchev–Trinajstić information content (AvgIpc) is 3.00. The first-order chi connectivity index (χ1) is 10.3. The van der Waals surface area contributed by atoms with Crippen molar-refractivity contribution in [1.29, 1.82) is 0 Å². The van der Waals surface area contributed by atoms with Crippen LogP contribution in [0.1, 0.15) is 12.6 Å². The van der Waals surface area contributed by atoms with Crippen LogP contribution >= 0.6 is 7.60 Å². The highest BCUT2D eigenvalue weighted by Crippen LogP contribution is 2.38. The Balaban J connectivity index is 1.87. The molecule has 0 aromatic carbocycles. The second-order valence-electron chi connectivity index (χ2n) is 4.76.